The molecule has 10 heteroatoms. The van der Waals surface area contributed by atoms with Crippen LogP contribution in [0.5, 0.6) is 5.75 Å². The zero-order chi connectivity index (χ0) is 23.1. The molecule has 0 radical (unpaired) electrons. The molecule has 0 fully saturated rings. The zero-order valence-corrected chi connectivity index (χ0v) is 18.7. The Morgan fingerprint density at radius 1 is 1.28 bits per heavy atom. The first-order valence-electron chi connectivity index (χ1n) is 9.93. The maximum atomic E-state index is 14.4. The van der Waals surface area contributed by atoms with Gasteiger partial charge < -0.3 is 15.2 Å². The summed E-state index contributed by atoms with van der Waals surface area (Å²) in [7, 11) is -2.40. The van der Waals surface area contributed by atoms with E-state index in [0.717, 1.165) is 48.1 Å². The van der Waals surface area contributed by atoms with Gasteiger partial charge in [0.2, 0.25) is 5.95 Å². The number of aliphatic hydroxyl groups excluding tert-OH is 1. The molecule has 3 aromatic rings. The lowest BCUT2D eigenvalue weighted by Gasteiger charge is -2.22. The lowest BCUT2D eigenvalue weighted by atomic mass is 9.85. The molecule has 1 atom stereocenters. The standard InChI is InChI=1S/C22H23FN4O4S/c1-22(12-28)6-4-17-14(22)8-13(11-25-17)16-5-7-24-21(26-16)27-18-9-15(23)20(32(3,29)30)10-19(18)31-2/h5,7-11,28H,4,6,12H2,1-3H3,(H,24,26,27). The van der Waals surface area contributed by atoms with Crippen molar-refractivity contribution in [2.45, 2.75) is 30.1 Å². The first kappa shape index (κ1) is 22.1. The predicted molar refractivity (Wildman–Crippen MR) is 117 cm³/mol. The Morgan fingerprint density at radius 2 is 2.06 bits per heavy atom. The van der Waals surface area contributed by atoms with E-state index >= 15 is 0 Å². The van der Waals surface area contributed by atoms with Crippen LogP contribution < -0.4 is 10.1 Å². The zero-order valence-electron chi connectivity index (χ0n) is 17.9. The van der Waals surface area contributed by atoms with E-state index in [1.165, 1.54) is 7.11 Å². The summed E-state index contributed by atoms with van der Waals surface area (Å²) in [6, 6.07) is 5.87. The minimum absolute atomic E-state index is 0.0382. The van der Waals surface area contributed by atoms with Crippen LogP contribution in [-0.2, 0) is 21.7 Å². The highest BCUT2D eigenvalue weighted by atomic mass is 32.2. The molecule has 1 aliphatic carbocycles. The second kappa shape index (κ2) is 8.10. The third kappa shape index (κ3) is 4.03. The van der Waals surface area contributed by atoms with E-state index in [0.29, 0.717) is 5.69 Å². The first-order chi connectivity index (χ1) is 15.1. The van der Waals surface area contributed by atoms with Crippen molar-refractivity contribution < 1.29 is 22.7 Å². The van der Waals surface area contributed by atoms with Gasteiger partial charge in [0.1, 0.15) is 16.5 Å². The number of ether oxygens (including phenoxy) is 1. The summed E-state index contributed by atoms with van der Waals surface area (Å²) in [6.45, 7) is 2.05. The van der Waals surface area contributed by atoms with Crippen molar-refractivity contribution in [3.8, 4) is 17.0 Å². The third-order valence-corrected chi connectivity index (χ3v) is 6.85. The van der Waals surface area contributed by atoms with Crippen LogP contribution in [-0.4, -0.2) is 48.4 Å². The van der Waals surface area contributed by atoms with Gasteiger partial charge in [-0.05, 0) is 30.5 Å². The van der Waals surface area contributed by atoms with Gasteiger partial charge in [-0.1, -0.05) is 6.92 Å². The summed E-state index contributed by atoms with van der Waals surface area (Å²) < 4.78 is 43.2. The summed E-state index contributed by atoms with van der Waals surface area (Å²) in [4.78, 5) is 12.8. The van der Waals surface area contributed by atoms with Crippen molar-refractivity contribution in [3.05, 3.63) is 53.7 Å². The molecule has 0 amide bonds. The van der Waals surface area contributed by atoms with Crippen LogP contribution in [0.4, 0.5) is 16.0 Å². The molecule has 2 aromatic heterocycles. The van der Waals surface area contributed by atoms with Gasteiger partial charge in [0, 0.05) is 47.5 Å². The fourth-order valence-corrected chi connectivity index (χ4v) is 4.57. The Kier molecular flexibility index (Phi) is 5.59. The number of halogens is 1. The second-order valence-corrected chi connectivity index (χ2v) is 10.1. The number of nitrogens with zero attached hydrogens (tertiary/aromatic N) is 3. The molecular weight excluding hydrogens is 435 g/mol. The number of aliphatic hydroxyl groups is 1. The van der Waals surface area contributed by atoms with Gasteiger partial charge in [-0.15, -0.1) is 0 Å². The summed E-state index contributed by atoms with van der Waals surface area (Å²) in [5.41, 5.74) is 3.20. The SMILES string of the molecule is COc1cc(S(C)(=O)=O)c(F)cc1Nc1nccc(-c2cnc3c(c2)C(C)(CO)CC3)n1. The van der Waals surface area contributed by atoms with Gasteiger partial charge in [-0.2, -0.15) is 0 Å². The van der Waals surface area contributed by atoms with Crippen molar-refractivity contribution in [3.63, 3.8) is 0 Å². The third-order valence-electron chi connectivity index (χ3n) is 5.73. The van der Waals surface area contributed by atoms with Crippen LogP contribution in [0.3, 0.4) is 0 Å². The van der Waals surface area contributed by atoms with Crippen molar-refractivity contribution in [2.75, 3.05) is 25.3 Å². The molecule has 32 heavy (non-hydrogen) atoms. The topological polar surface area (TPSA) is 114 Å². The molecule has 0 aliphatic heterocycles. The number of nitrogens with one attached hydrogen (secondary N) is 1. The summed E-state index contributed by atoms with van der Waals surface area (Å²) in [5.74, 6) is -0.588. The molecule has 4 rings (SSSR count). The molecule has 0 saturated heterocycles. The van der Waals surface area contributed by atoms with E-state index in [2.05, 4.69) is 20.3 Å². The van der Waals surface area contributed by atoms with Gasteiger partial charge in [0.25, 0.3) is 0 Å². The fraction of sp³-hybridized carbons (Fsp3) is 0.318. The van der Waals surface area contributed by atoms with Gasteiger partial charge in [-0.25, -0.2) is 22.8 Å². The smallest absolute Gasteiger partial charge is 0.227 e. The fourth-order valence-electron chi connectivity index (χ4n) is 3.83. The average molecular weight is 459 g/mol. The second-order valence-electron chi connectivity index (χ2n) is 8.08. The lowest BCUT2D eigenvalue weighted by molar-refractivity contribution is 0.206. The molecule has 0 spiro atoms. The summed E-state index contributed by atoms with van der Waals surface area (Å²) >= 11 is 0. The van der Waals surface area contributed by atoms with Crippen molar-refractivity contribution in [1.82, 2.24) is 15.0 Å². The maximum Gasteiger partial charge on any atom is 0.227 e. The van der Waals surface area contributed by atoms with Crippen molar-refractivity contribution >= 4 is 21.5 Å². The lowest BCUT2D eigenvalue weighted by Crippen LogP contribution is -2.23. The number of benzene rings is 1. The van der Waals surface area contributed by atoms with Crippen LogP contribution in [0.1, 0.15) is 24.6 Å². The number of pyridine rings is 1. The molecule has 1 aromatic carbocycles. The monoisotopic (exact) mass is 458 g/mol. The minimum Gasteiger partial charge on any atom is -0.495 e. The predicted octanol–water partition coefficient (Wildman–Crippen LogP) is 3.03. The highest BCUT2D eigenvalue weighted by Gasteiger charge is 2.35. The number of hydrogen-bond donors (Lipinski definition) is 2. The number of sulfone groups is 1. The Hall–Kier alpha value is -3.11. The number of aryl methyl sites for hydroxylation is 1. The van der Waals surface area contributed by atoms with Crippen LogP contribution in [0, 0.1) is 5.82 Å². The number of fused-ring (bicyclic) bond motifs is 1. The van der Waals surface area contributed by atoms with E-state index in [9.17, 15) is 17.9 Å². The van der Waals surface area contributed by atoms with Crippen molar-refractivity contribution in [2.24, 2.45) is 0 Å². The number of aromatic nitrogens is 3. The molecule has 8 nitrogen and oxygen atoms in total. The van der Waals surface area contributed by atoms with Gasteiger partial charge in [0.05, 0.1) is 25.1 Å². The highest BCUT2D eigenvalue weighted by Crippen LogP contribution is 2.39. The minimum atomic E-state index is -3.75. The molecule has 0 saturated carbocycles. The van der Waals surface area contributed by atoms with Gasteiger partial charge in [-0.3, -0.25) is 4.98 Å². The van der Waals surface area contributed by atoms with Crippen LogP contribution in [0.2, 0.25) is 0 Å². The Labute approximate surface area is 185 Å². The number of anilines is 2. The summed E-state index contributed by atoms with van der Waals surface area (Å²) in [5, 5.41) is 12.7. The molecule has 0 bridgehead atoms. The van der Waals surface area contributed by atoms with Crippen LogP contribution in [0.25, 0.3) is 11.3 Å². The van der Waals surface area contributed by atoms with Gasteiger partial charge >= 0.3 is 0 Å². The Bertz CT molecular complexity index is 1300. The van der Waals surface area contributed by atoms with E-state index < -0.39 is 20.5 Å². The number of rotatable bonds is 6. The molecule has 2 N–H and O–H groups in total. The van der Waals surface area contributed by atoms with Crippen molar-refractivity contribution in [1.29, 1.82) is 0 Å². The van der Waals surface area contributed by atoms with Gasteiger partial charge in [0.15, 0.2) is 9.84 Å². The maximum absolute atomic E-state index is 14.4. The molecule has 1 aliphatic rings. The Balaban J connectivity index is 1.69. The molecule has 168 valence electrons. The average Bonchev–Trinajstić information content (AvgIpc) is 3.10. The van der Waals surface area contributed by atoms with E-state index in [4.69, 9.17) is 4.74 Å². The molecule has 2 heterocycles. The quantitative estimate of drug-likeness (QED) is 0.579. The van der Waals surface area contributed by atoms with E-state index in [1.807, 2.05) is 13.0 Å². The summed E-state index contributed by atoms with van der Waals surface area (Å²) in [6.07, 6.45) is 5.86. The highest BCUT2D eigenvalue weighted by molar-refractivity contribution is 7.90. The number of methoxy groups -OCH3 is 1. The normalized spacial score (nSPS) is 17.8. The largest absolute Gasteiger partial charge is 0.495 e. The molecular formula is C22H23FN4O4S. The van der Waals surface area contributed by atoms with E-state index in [1.54, 1.807) is 18.5 Å². The first-order valence-corrected chi connectivity index (χ1v) is 11.8. The van der Waals surface area contributed by atoms with Crippen LogP contribution >= 0.6 is 0 Å². The van der Waals surface area contributed by atoms with Crippen LogP contribution in [0.15, 0.2) is 41.6 Å². The van der Waals surface area contributed by atoms with E-state index in [-0.39, 0.29) is 29.4 Å². The molecule has 1 unspecified atom stereocenters. The number of hydrogen-bond acceptors (Lipinski definition) is 8. The Morgan fingerprint density at radius 3 is 2.75 bits per heavy atom.